The number of amides is 2. The van der Waals surface area contributed by atoms with Crippen molar-refractivity contribution in [2.45, 2.75) is 0 Å². The van der Waals surface area contributed by atoms with Crippen molar-refractivity contribution in [2.75, 3.05) is 0 Å². The number of carbonyl (C=O) groups is 2. The van der Waals surface area contributed by atoms with Gasteiger partial charge in [0.2, 0.25) is 0 Å². The van der Waals surface area contributed by atoms with E-state index in [1.165, 1.54) is 0 Å². The second-order valence-electron chi connectivity index (χ2n) is 3.65. The van der Waals surface area contributed by atoms with Gasteiger partial charge in [-0.25, -0.2) is 10.2 Å². The minimum absolute atomic E-state index is 0.299. The molecule has 0 aliphatic carbocycles. The van der Waals surface area contributed by atoms with Gasteiger partial charge in [0, 0.05) is 17.3 Å². The Hall–Kier alpha value is -2.76. The van der Waals surface area contributed by atoms with Gasteiger partial charge in [-0.1, -0.05) is 18.2 Å². The number of aromatic nitrogens is 1. The molecule has 0 unspecified atom stereocenters. The topological polar surface area (TPSA) is 71.1 Å². The molecule has 96 valence electrons. The number of carbonyl (C=O) groups excluding carboxylic acids is 2. The molecule has 5 nitrogen and oxygen atoms in total. The van der Waals surface area contributed by atoms with Gasteiger partial charge in [-0.05, 0) is 24.3 Å². The Labute approximate surface area is 108 Å². The standard InChI is InChI=1S/C13H10FN3O2/c14-13(19)17-16-12(18)10-6-4-9(5-7-10)11-3-1-2-8-15-11/h1-8H,(H,16,18)(H,17,19). The largest absolute Gasteiger partial charge is 0.416 e. The van der Waals surface area contributed by atoms with Gasteiger partial charge in [-0.3, -0.25) is 15.2 Å². The van der Waals surface area contributed by atoms with Crippen LogP contribution in [-0.4, -0.2) is 17.1 Å². The summed E-state index contributed by atoms with van der Waals surface area (Å²) in [5.41, 5.74) is 5.44. The molecule has 19 heavy (non-hydrogen) atoms. The van der Waals surface area contributed by atoms with E-state index in [1.807, 2.05) is 23.6 Å². The summed E-state index contributed by atoms with van der Waals surface area (Å²) in [6, 6.07) is 12.1. The molecular weight excluding hydrogens is 249 g/mol. The fourth-order valence-corrected chi connectivity index (χ4v) is 1.50. The van der Waals surface area contributed by atoms with Gasteiger partial charge in [0.25, 0.3) is 5.91 Å². The Morgan fingerprint density at radius 1 is 1.00 bits per heavy atom. The molecule has 0 aliphatic rings. The van der Waals surface area contributed by atoms with Crippen LogP contribution in [0.25, 0.3) is 11.3 Å². The molecule has 1 aromatic heterocycles. The van der Waals surface area contributed by atoms with Crippen LogP contribution in [0.15, 0.2) is 48.7 Å². The molecule has 0 atom stereocenters. The van der Waals surface area contributed by atoms with Crippen LogP contribution >= 0.6 is 0 Å². The normalized spacial score (nSPS) is 9.74. The van der Waals surface area contributed by atoms with Gasteiger partial charge < -0.3 is 0 Å². The summed E-state index contributed by atoms with van der Waals surface area (Å²) >= 11 is 0. The zero-order valence-electron chi connectivity index (χ0n) is 9.76. The lowest BCUT2D eigenvalue weighted by molar-refractivity contribution is 0.0932. The van der Waals surface area contributed by atoms with E-state index in [-0.39, 0.29) is 0 Å². The first kappa shape index (κ1) is 12.7. The molecule has 0 saturated heterocycles. The zero-order chi connectivity index (χ0) is 13.7. The van der Waals surface area contributed by atoms with E-state index in [9.17, 15) is 14.0 Å². The molecule has 2 N–H and O–H groups in total. The number of nitrogens with zero attached hydrogens (tertiary/aromatic N) is 1. The molecule has 0 fully saturated rings. The Morgan fingerprint density at radius 2 is 1.74 bits per heavy atom. The van der Waals surface area contributed by atoms with Crippen molar-refractivity contribution in [2.24, 2.45) is 0 Å². The molecule has 6 heteroatoms. The number of hydrogen-bond donors (Lipinski definition) is 2. The second kappa shape index (κ2) is 5.72. The monoisotopic (exact) mass is 259 g/mol. The van der Waals surface area contributed by atoms with Crippen LogP contribution in [0.4, 0.5) is 9.18 Å². The summed E-state index contributed by atoms with van der Waals surface area (Å²) in [7, 11) is 0. The number of hydrogen-bond acceptors (Lipinski definition) is 3. The summed E-state index contributed by atoms with van der Waals surface area (Å²) in [6.45, 7) is 0. The smallest absolute Gasteiger partial charge is 0.267 e. The Balaban J connectivity index is 2.10. The highest BCUT2D eigenvalue weighted by atomic mass is 19.1. The maximum absolute atomic E-state index is 11.9. The third-order valence-electron chi connectivity index (χ3n) is 2.38. The van der Waals surface area contributed by atoms with Crippen LogP contribution in [0.3, 0.4) is 0 Å². The van der Waals surface area contributed by atoms with Gasteiger partial charge >= 0.3 is 6.16 Å². The van der Waals surface area contributed by atoms with Crippen molar-refractivity contribution in [3.8, 4) is 11.3 Å². The predicted molar refractivity (Wildman–Crippen MR) is 66.8 cm³/mol. The fraction of sp³-hybridized carbons (Fsp3) is 0. The molecule has 2 rings (SSSR count). The van der Waals surface area contributed by atoms with Crippen LogP contribution in [0.2, 0.25) is 0 Å². The number of hydrazine groups is 1. The molecule has 1 aromatic carbocycles. The van der Waals surface area contributed by atoms with Gasteiger partial charge in [0.1, 0.15) is 0 Å². The minimum Gasteiger partial charge on any atom is -0.267 e. The van der Waals surface area contributed by atoms with Crippen molar-refractivity contribution in [1.29, 1.82) is 0 Å². The third kappa shape index (κ3) is 3.35. The first-order valence-electron chi connectivity index (χ1n) is 5.44. The first-order valence-corrected chi connectivity index (χ1v) is 5.44. The van der Waals surface area contributed by atoms with Crippen molar-refractivity contribution in [1.82, 2.24) is 15.8 Å². The molecule has 0 radical (unpaired) electrons. The number of pyridine rings is 1. The van der Waals surface area contributed by atoms with Gasteiger partial charge in [0.15, 0.2) is 0 Å². The van der Waals surface area contributed by atoms with Crippen LogP contribution in [0.5, 0.6) is 0 Å². The van der Waals surface area contributed by atoms with E-state index in [0.29, 0.717) is 5.56 Å². The lowest BCUT2D eigenvalue weighted by Gasteiger charge is -2.05. The lowest BCUT2D eigenvalue weighted by Crippen LogP contribution is -2.39. The summed E-state index contributed by atoms with van der Waals surface area (Å²) in [6.07, 6.45) is -0.148. The number of nitrogens with one attached hydrogen (secondary N) is 2. The van der Waals surface area contributed by atoms with Gasteiger partial charge in [-0.2, -0.15) is 0 Å². The summed E-state index contributed by atoms with van der Waals surface area (Å²) in [4.78, 5) is 25.7. The van der Waals surface area contributed by atoms with E-state index < -0.39 is 12.1 Å². The first-order chi connectivity index (χ1) is 9.16. The quantitative estimate of drug-likeness (QED) is 0.492. The molecule has 0 spiro atoms. The highest BCUT2D eigenvalue weighted by molar-refractivity contribution is 5.95. The van der Waals surface area contributed by atoms with Crippen LogP contribution in [0.1, 0.15) is 10.4 Å². The minimum atomic E-state index is -1.82. The summed E-state index contributed by atoms with van der Waals surface area (Å²) in [5.74, 6) is -0.599. The highest BCUT2D eigenvalue weighted by Gasteiger charge is 2.07. The molecule has 0 saturated carbocycles. The lowest BCUT2D eigenvalue weighted by atomic mass is 10.1. The molecule has 2 aromatic rings. The van der Waals surface area contributed by atoms with Crippen LogP contribution in [0, 0.1) is 0 Å². The van der Waals surface area contributed by atoms with Crippen molar-refractivity contribution in [3.63, 3.8) is 0 Å². The number of halogens is 1. The van der Waals surface area contributed by atoms with Crippen molar-refractivity contribution >= 4 is 12.1 Å². The zero-order valence-corrected chi connectivity index (χ0v) is 9.76. The van der Waals surface area contributed by atoms with Crippen LogP contribution < -0.4 is 10.9 Å². The molecule has 1 heterocycles. The maximum Gasteiger partial charge on any atom is 0.416 e. The van der Waals surface area contributed by atoms with Crippen LogP contribution in [-0.2, 0) is 0 Å². The van der Waals surface area contributed by atoms with Crippen molar-refractivity contribution in [3.05, 3.63) is 54.2 Å². The Morgan fingerprint density at radius 3 is 2.32 bits per heavy atom. The third-order valence-corrected chi connectivity index (χ3v) is 2.38. The summed E-state index contributed by atoms with van der Waals surface area (Å²) < 4.78 is 11.9. The predicted octanol–water partition coefficient (Wildman–Crippen LogP) is 2.07. The van der Waals surface area contributed by atoms with E-state index in [2.05, 4.69) is 4.98 Å². The average Bonchev–Trinajstić information content (AvgIpc) is 2.46. The SMILES string of the molecule is O=C(F)NNC(=O)c1ccc(-c2ccccn2)cc1. The number of rotatable bonds is 2. The molecule has 0 aliphatic heterocycles. The average molecular weight is 259 g/mol. The van der Waals surface area contributed by atoms with E-state index in [1.54, 1.807) is 35.9 Å². The maximum atomic E-state index is 11.9. The van der Waals surface area contributed by atoms with Gasteiger partial charge in [0.05, 0.1) is 5.69 Å². The molecular formula is C13H10FN3O2. The number of benzene rings is 1. The Kier molecular flexibility index (Phi) is 3.82. The summed E-state index contributed by atoms with van der Waals surface area (Å²) in [5, 5.41) is 0. The molecule has 2 amide bonds. The highest BCUT2D eigenvalue weighted by Crippen LogP contribution is 2.16. The molecule has 0 bridgehead atoms. The van der Waals surface area contributed by atoms with E-state index >= 15 is 0 Å². The Bertz CT molecular complexity index is 585. The second-order valence-corrected chi connectivity index (χ2v) is 3.65. The van der Waals surface area contributed by atoms with E-state index in [4.69, 9.17) is 0 Å². The fourth-order valence-electron chi connectivity index (χ4n) is 1.50. The van der Waals surface area contributed by atoms with Crippen molar-refractivity contribution < 1.29 is 14.0 Å². The van der Waals surface area contributed by atoms with E-state index in [0.717, 1.165) is 11.3 Å². The van der Waals surface area contributed by atoms with Gasteiger partial charge in [-0.15, -0.1) is 4.39 Å².